The van der Waals surface area contributed by atoms with Gasteiger partial charge in [0.25, 0.3) is 0 Å². The van der Waals surface area contributed by atoms with Crippen molar-refractivity contribution >= 4 is 10.0 Å². The number of H-pyrrole nitrogens is 1. The Kier molecular flexibility index (Phi) is 3.71. The summed E-state index contributed by atoms with van der Waals surface area (Å²) >= 11 is 0. The molecule has 0 amide bonds. The third-order valence-corrected chi connectivity index (χ3v) is 4.90. The lowest BCUT2D eigenvalue weighted by molar-refractivity contribution is -0.0486. The van der Waals surface area contributed by atoms with Crippen LogP contribution in [0.15, 0.2) is 11.1 Å². The molecule has 1 aromatic heterocycles. The Morgan fingerprint density at radius 1 is 1.61 bits per heavy atom. The quantitative estimate of drug-likeness (QED) is 0.770. The van der Waals surface area contributed by atoms with E-state index in [1.165, 1.54) is 10.5 Å². The van der Waals surface area contributed by atoms with Crippen molar-refractivity contribution in [3.05, 3.63) is 11.9 Å². The third-order valence-electron chi connectivity index (χ3n) is 2.96. The van der Waals surface area contributed by atoms with Gasteiger partial charge in [0.2, 0.25) is 10.0 Å². The first-order chi connectivity index (χ1) is 8.45. The highest BCUT2D eigenvalue weighted by molar-refractivity contribution is 7.89. The van der Waals surface area contributed by atoms with Gasteiger partial charge in [-0.1, -0.05) is 0 Å². The second-order valence-electron chi connectivity index (χ2n) is 4.49. The normalized spacial score (nSPS) is 26.4. The van der Waals surface area contributed by atoms with Crippen molar-refractivity contribution in [2.75, 3.05) is 19.6 Å². The molecule has 102 valence electrons. The Balaban J connectivity index is 2.28. The van der Waals surface area contributed by atoms with Gasteiger partial charge in [0, 0.05) is 19.6 Å². The highest BCUT2D eigenvalue weighted by Gasteiger charge is 2.34. The van der Waals surface area contributed by atoms with Crippen LogP contribution in [-0.2, 0) is 14.8 Å². The minimum absolute atomic E-state index is 0.158. The SMILES string of the molecule is Cc1[nH]ncc1S(=O)(=O)N1CC(C)OC(CN)C1. The number of hydrogen-bond donors (Lipinski definition) is 2. The summed E-state index contributed by atoms with van der Waals surface area (Å²) in [5.41, 5.74) is 6.09. The number of nitrogens with zero attached hydrogens (tertiary/aromatic N) is 2. The van der Waals surface area contributed by atoms with E-state index in [-0.39, 0.29) is 23.6 Å². The van der Waals surface area contributed by atoms with Crippen molar-refractivity contribution in [3.8, 4) is 0 Å². The van der Waals surface area contributed by atoms with Gasteiger partial charge >= 0.3 is 0 Å². The maximum Gasteiger partial charge on any atom is 0.246 e. The summed E-state index contributed by atoms with van der Waals surface area (Å²) in [4.78, 5) is 0.215. The van der Waals surface area contributed by atoms with Crippen LogP contribution in [0.5, 0.6) is 0 Å². The standard InChI is InChI=1S/C10H18N4O3S/c1-7-5-14(6-9(3-11)17-7)18(15,16)10-4-12-13-8(10)2/h4,7,9H,3,5-6,11H2,1-2H3,(H,12,13). The Hall–Kier alpha value is -0.960. The number of aromatic nitrogens is 2. The van der Waals surface area contributed by atoms with Crippen LogP contribution in [-0.4, -0.2) is 54.8 Å². The van der Waals surface area contributed by atoms with E-state index in [4.69, 9.17) is 10.5 Å². The van der Waals surface area contributed by atoms with Crippen LogP contribution in [0.2, 0.25) is 0 Å². The molecule has 0 saturated carbocycles. The topological polar surface area (TPSA) is 101 Å². The summed E-state index contributed by atoms with van der Waals surface area (Å²) in [6.45, 7) is 4.45. The zero-order chi connectivity index (χ0) is 13.3. The maximum atomic E-state index is 12.4. The first-order valence-electron chi connectivity index (χ1n) is 5.80. The largest absolute Gasteiger partial charge is 0.371 e. The summed E-state index contributed by atoms with van der Waals surface area (Å²) in [5.74, 6) is 0. The van der Waals surface area contributed by atoms with Crippen LogP contribution in [0.1, 0.15) is 12.6 Å². The fourth-order valence-corrected chi connectivity index (χ4v) is 3.73. The number of aryl methyl sites for hydroxylation is 1. The predicted molar refractivity (Wildman–Crippen MR) is 65.5 cm³/mol. The fourth-order valence-electron chi connectivity index (χ4n) is 2.07. The number of aromatic amines is 1. The second kappa shape index (κ2) is 4.96. The van der Waals surface area contributed by atoms with E-state index in [1.54, 1.807) is 6.92 Å². The number of nitrogens with two attached hydrogens (primary N) is 1. The van der Waals surface area contributed by atoms with E-state index in [0.717, 1.165) is 0 Å². The average Bonchev–Trinajstić information content (AvgIpc) is 2.75. The van der Waals surface area contributed by atoms with Crippen LogP contribution >= 0.6 is 0 Å². The van der Waals surface area contributed by atoms with Crippen molar-refractivity contribution in [3.63, 3.8) is 0 Å². The minimum Gasteiger partial charge on any atom is -0.371 e. The predicted octanol–water partition coefficient (Wildman–Crippen LogP) is -0.545. The molecular formula is C10H18N4O3S. The van der Waals surface area contributed by atoms with Gasteiger partial charge in [-0.15, -0.1) is 0 Å². The molecule has 8 heteroatoms. The first-order valence-corrected chi connectivity index (χ1v) is 7.24. The van der Waals surface area contributed by atoms with Gasteiger partial charge in [-0.2, -0.15) is 9.40 Å². The molecule has 2 unspecified atom stereocenters. The molecule has 1 aliphatic rings. The van der Waals surface area contributed by atoms with Crippen LogP contribution in [0, 0.1) is 6.92 Å². The molecule has 1 saturated heterocycles. The summed E-state index contributed by atoms with van der Waals surface area (Å²) in [7, 11) is -3.52. The van der Waals surface area contributed by atoms with Gasteiger partial charge in [0.05, 0.1) is 24.1 Å². The fraction of sp³-hybridized carbons (Fsp3) is 0.700. The Morgan fingerprint density at radius 2 is 2.33 bits per heavy atom. The van der Waals surface area contributed by atoms with Gasteiger partial charge in [-0.25, -0.2) is 8.42 Å². The third kappa shape index (κ3) is 2.41. The van der Waals surface area contributed by atoms with Gasteiger partial charge in [-0.05, 0) is 13.8 Å². The zero-order valence-corrected chi connectivity index (χ0v) is 11.3. The highest BCUT2D eigenvalue weighted by atomic mass is 32.2. The van der Waals surface area contributed by atoms with E-state index >= 15 is 0 Å². The van der Waals surface area contributed by atoms with Crippen LogP contribution in [0.4, 0.5) is 0 Å². The van der Waals surface area contributed by atoms with Crippen LogP contribution in [0.3, 0.4) is 0 Å². The van der Waals surface area contributed by atoms with Crippen molar-refractivity contribution < 1.29 is 13.2 Å². The van der Waals surface area contributed by atoms with E-state index in [1.807, 2.05) is 6.92 Å². The Bertz CT molecular complexity index is 513. The van der Waals surface area contributed by atoms with Crippen LogP contribution < -0.4 is 5.73 Å². The van der Waals surface area contributed by atoms with E-state index < -0.39 is 10.0 Å². The Morgan fingerprint density at radius 3 is 2.89 bits per heavy atom. The molecule has 3 N–H and O–H groups in total. The van der Waals surface area contributed by atoms with Gasteiger partial charge < -0.3 is 10.5 Å². The number of morpholine rings is 1. The summed E-state index contributed by atoms with van der Waals surface area (Å²) in [5, 5.41) is 6.39. The second-order valence-corrected chi connectivity index (χ2v) is 6.39. The van der Waals surface area contributed by atoms with Crippen LogP contribution in [0.25, 0.3) is 0 Å². The van der Waals surface area contributed by atoms with Gasteiger partial charge in [0.1, 0.15) is 4.90 Å². The molecule has 2 rings (SSSR count). The smallest absolute Gasteiger partial charge is 0.246 e. The number of sulfonamides is 1. The number of nitrogens with one attached hydrogen (secondary N) is 1. The molecule has 1 aliphatic heterocycles. The van der Waals surface area contributed by atoms with E-state index in [0.29, 0.717) is 18.8 Å². The molecule has 1 aromatic rings. The van der Waals surface area contributed by atoms with Crippen molar-refractivity contribution in [1.29, 1.82) is 0 Å². The van der Waals surface area contributed by atoms with Gasteiger partial charge in [0.15, 0.2) is 0 Å². The highest BCUT2D eigenvalue weighted by Crippen LogP contribution is 2.21. The zero-order valence-electron chi connectivity index (χ0n) is 10.5. The molecule has 18 heavy (non-hydrogen) atoms. The molecule has 0 aliphatic carbocycles. The Labute approximate surface area is 106 Å². The lowest BCUT2D eigenvalue weighted by Crippen LogP contribution is -2.51. The van der Waals surface area contributed by atoms with Crippen molar-refractivity contribution in [2.24, 2.45) is 5.73 Å². The minimum atomic E-state index is -3.52. The first kappa shape index (κ1) is 13.5. The van der Waals surface area contributed by atoms with Crippen molar-refractivity contribution in [1.82, 2.24) is 14.5 Å². The molecule has 7 nitrogen and oxygen atoms in total. The van der Waals surface area contributed by atoms with E-state index in [9.17, 15) is 8.42 Å². The molecule has 0 bridgehead atoms. The summed E-state index contributed by atoms with van der Waals surface area (Å²) in [6, 6.07) is 0. The lowest BCUT2D eigenvalue weighted by atomic mass is 10.2. The molecule has 2 heterocycles. The molecule has 0 spiro atoms. The molecule has 0 radical (unpaired) electrons. The average molecular weight is 274 g/mol. The number of hydrogen-bond acceptors (Lipinski definition) is 5. The number of rotatable bonds is 3. The van der Waals surface area contributed by atoms with Crippen molar-refractivity contribution in [2.45, 2.75) is 31.0 Å². The molecular weight excluding hydrogens is 256 g/mol. The lowest BCUT2D eigenvalue weighted by Gasteiger charge is -2.35. The summed E-state index contributed by atoms with van der Waals surface area (Å²) < 4.78 is 31.9. The number of ether oxygens (including phenoxy) is 1. The van der Waals surface area contributed by atoms with Gasteiger partial charge in [-0.3, -0.25) is 5.10 Å². The molecule has 0 aromatic carbocycles. The maximum absolute atomic E-state index is 12.4. The molecule has 2 atom stereocenters. The van der Waals surface area contributed by atoms with E-state index in [2.05, 4.69) is 10.2 Å². The molecule has 1 fully saturated rings. The monoisotopic (exact) mass is 274 g/mol. The summed E-state index contributed by atoms with van der Waals surface area (Å²) in [6.07, 6.45) is 0.924.